The Bertz CT molecular complexity index is 665. The van der Waals surface area contributed by atoms with Gasteiger partial charge in [0, 0.05) is 20.1 Å². The lowest BCUT2D eigenvalue weighted by molar-refractivity contribution is 0.338. The van der Waals surface area contributed by atoms with Crippen LogP contribution in [0.2, 0.25) is 0 Å². The second kappa shape index (κ2) is 6.67. The van der Waals surface area contributed by atoms with Crippen LogP contribution < -0.4 is 4.80 Å². The molecule has 0 radical (unpaired) electrons. The molecule has 1 aliphatic heterocycles. The molecule has 0 bridgehead atoms. The van der Waals surface area contributed by atoms with E-state index in [2.05, 4.69) is 10.00 Å². The fraction of sp³-hybridized carbons (Fsp3) is 0.400. The number of hydrogen-bond donors (Lipinski definition) is 0. The molecule has 0 N–H and O–H groups in total. The third-order valence-corrected chi connectivity index (χ3v) is 4.24. The maximum Gasteiger partial charge on any atom is 0.228 e. The van der Waals surface area contributed by atoms with E-state index in [-0.39, 0.29) is 0 Å². The van der Waals surface area contributed by atoms with Gasteiger partial charge in [-0.25, -0.2) is 9.67 Å². The van der Waals surface area contributed by atoms with Crippen molar-refractivity contribution in [3.05, 3.63) is 40.6 Å². The number of aromatic nitrogens is 2. The van der Waals surface area contributed by atoms with Gasteiger partial charge in [-0.2, -0.15) is 10.1 Å². The summed E-state index contributed by atoms with van der Waals surface area (Å²) in [6, 6.07) is 10.0. The lowest BCUT2D eigenvalue weighted by Crippen LogP contribution is -2.36. The molecule has 6 heteroatoms. The molecule has 1 aromatic heterocycles. The molecule has 5 nitrogen and oxygen atoms in total. The van der Waals surface area contributed by atoms with Crippen LogP contribution in [0.4, 0.5) is 5.69 Å². The summed E-state index contributed by atoms with van der Waals surface area (Å²) >= 11 is 1.53. The van der Waals surface area contributed by atoms with Gasteiger partial charge in [0.15, 0.2) is 0 Å². The van der Waals surface area contributed by atoms with Crippen molar-refractivity contribution in [1.29, 1.82) is 0 Å². The smallest absolute Gasteiger partial charge is 0.228 e. The number of nitrogens with zero attached hydrogens (tertiary/aromatic N) is 5. The van der Waals surface area contributed by atoms with E-state index in [0.717, 1.165) is 29.5 Å². The third kappa shape index (κ3) is 3.58. The van der Waals surface area contributed by atoms with Crippen molar-refractivity contribution in [3.63, 3.8) is 0 Å². The molecule has 1 saturated heterocycles. The quantitative estimate of drug-likeness (QED) is 0.600. The molecule has 0 saturated carbocycles. The first-order valence-corrected chi connectivity index (χ1v) is 8.11. The zero-order valence-corrected chi connectivity index (χ0v) is 13.0. The van der Waals surface area contributed by atoms with Gasteiger partial charge in [-0.05, 0) is 31.4 Å². The summed E-state index contributed by atoms with van der Waals surface area (Å²) in [5, 5.41) is 4.19. The van der Waals surface area contributed by atoms with E-state index < -0.39 is 0 Å². The van der Waals surface area contributed by atoms with Crippen molar-refractivity contribution in [2.75, 3.05) is 13.1 Å². The number of benzene rings is 1. The van der Waals surface area contributed by atoms with Crippen LogP contribution in [0.25, 0.3) is 0 Å². The minimum atomic E-state index is 0.792. The van der Waals surface area contributed by atoms with Gasteiger partial charge in [0.1, 0.15) is 5.51 Å². The Morgan fingerprint density at radius 1 is 1.14 bits per heavy atom. The van der Waals surface area contributed by atoms with Gasteiger partial charge < -0.3 is 4.90 Å². The van der Waals surface area contributed by atoms with Crippen LogP contribution >= 0.6 is 11.3 Å². The Morgan fingerprint density at radius 3 is 2.57 bits per heavy atom. The Morgan fingerprint density at radius 2 is 1.90 bits per heavy atom. The van der Waals surface area contributed by atoms with Crippen molar-refractivity contribution in [2.24, 2.45) is 17.0 Å². The second-order valence-corrected chi connectivity index (χ2v) is 5.86. The second-order valence-electron chi connectivity index (χ2n) is 5.05. The SMILES string of the molecule is Cn1ncsc1=NC(=Nc1ccccc1)N1CCCCC1. The normalized spacial score (nSPS) is 17.3. The van der Waals surface area contributed by atoms with Gasteiger partial charge in [-0.3, -0.25) is 0 Å². The van der Waals surface area contributed by atoms with Gasteiger partial charge in [-0.15, -0.1) is 0 Å². The molecule has 1 aliphatic rings. The van der Waals surface area contributed by atoms with Crippen molar-refractivity contribution in [3.8, 4) is 0 Å². The first kappa shape index (κ1) is 14.0. The molecule has 3 rings (SSSR count). The molecular weight excluding hydrogens is 282 g/mol. The van der Waals surface area contributed by atoms with Gasteiger partial charge >= 0.3 is 0 Å². The number of rotatable bonds is 1. The number of aliphatic imine (C=N–C) groups is 1. The van der Waals surface area contributed by atoms with Crippen LogP contribution in [0.1, 0.15) is 19.3 Å². The molecule has 2 aromatic rings. The number of piperidine rings is 1. The highest BCUT2D eigenvalue weighted by atomic mass is 32.1. The fourth-order valence-electron chi connectivity index (χ4n) is 2.33. The van der Waals surface area contributed by atoms with Gasteiger partial charge in [-0.1, -0.05) is 29.5 Å². The molecule has 0 atom stereocenters. The summed E-state index contributed by atoms with van der Waals surface area (Å²) in [5.74, 6) is 0.792. The van der Waals surface area contributed by atoms with E-state index in [1.807, 2.05) is 37.4 Å². The minimum absolute atomic E-state index is 0.792. The third-order valence-electron chi connectivity index (χ3n) is 3.48. The molecular formula is C15H19N5S. The summed E-state index contributed by atoms with van der Waals surface area (Å²) in [6.07, 6.45) is 3.71. The molecule has 1 fully saturated rings. The number of para-hydroxylation sites is 1. The maximum absolute atomic E-state index is 4.74. The van der Waals surface area contributed by atoms with Crippen LogP contribution in [0.5, 0.6) is 0 Å². The first-order chi connectivity index (χ1) is 10.3. The summed E-state index contributed by atoms with van der Waals surface area (Å²) < 4.78 is 1.79. The monoisotopic (exact) mass is 301 g/mol. The zero-order chi connectivity index (χ0) is 14.5. The molecule has 1 aromatic carbocycles. The molecule has 21 heavy (non-hydrogen) atoms. The summed E-state index contributed by atoms with van der Waals surface area (Å²) in [7, 11) is 1.91. The van der Waals surface area contributed by atoms with Crippen molar-refractivity contribution >= 4 is 23.0 Å². The van der Waals surface area contributed by atoms with Crippen LogP contribution in [-0.4, -0.2) is 33.7 Å². The Hall–Kier alpha value is -1.95. The highest BCUT2D eigenvalue weighted by Crippen LogP contribution is 2.15. The van der Waals surface area contributed by atoms with E-state index in [1.54, 1.807) is 10.2 Å². The lowest BCUT2D eigenvalue weighted by Gasteiger charge is -2.27. The average Bonchev–Trinajstić information content (AvgIpc) is 2.94. The topological polar surface area (TPSA) is 45.8 Å². The van der Waals surface area contributed by atoms with Gasteiger partial charge in [0.25, 0.3) is 0 Å². The highest BCUT2D eigenvalue weighted by molar-refractivity contribution is 7.06. The fourth-order valence-corrected chi connectivity index (χ4v) is 2.95. The summed E-state index contributed by atoms with van der Waals surface area (Å²) in [4.78, 5) is 12.6. The Kier molecular flexibility index (Phi) is 4.45. The van der Waals surface area contributed by atoms with Crippen LogP contribution in [-0.2, 0) is 7.05 Å². The molecule has 110 valence electrons. The first-order valence-electron chi connectivity index (χ1n) is 7.23. The average molecular weight is 301 g/mol. The van der Waals surface area contributed by atoms with E-state index in [0.29, 0.717) is 0 Å². The number of hydrogen-bond acceptors (Lipinski definition) is 3. The van der Waals surface area contributed by atoms with Crippen molar-refractivity contribution in [2.45, 2.75) is 19.3 Å². The van der Waals surface area contributed by atoms with E-state index in [9.17, 15) is 0 Å². The molecule has 0 unspecified atom stereocenters. The largest absolute Gasteiger partial charge is 0.341 e. The molecule has 2 heterocycles. The number of guanidine groups is 1. The zero-order valence-electron chi connectivity index (χ0n) is 12.1. The maximum atomic E-state index is 4.74. The molecule has 0 spiro atoms. The Labute approximate surface area is 128 Å². The summed E-state index contributed by atoms with van der Waals surface area (Å²) in [5.41, 5.74) is 2.74. The summed E-state index contributed by atoms with van der Waals surface area (Å²) in [6.45, 7) is 2.05. The number of likely N-dealkylation sites (tertiary alicyclic amines) is 1. The van der Waals surface area contributed by atoms with E-state index in [4.69, 9.17) is 9.98 Å². The predicted octanol–water partition coefficient (Wildman–Crippen LogP) is 2.56. The molecule has 0 amide bonds. The van der Waals surface area contributed by atoms with Gasteiger partial charge in [0.2, 0.25) is 10.8 Å². The van der Waals surface area contributed by atoms with Crippen molar-refractivity contribution in [1.82, 2.24) is 14.7 Å². The van der Waals surface area contributed by atoms with Crippen molar-refractivity contribution < 1.29 is 0 Å². The Balaban J connectivity index is 1.99. The van der Waals surface area contributed by atoms with Crippen LogP contribution in [0.15, 0.2) is 45.8 Å². The highest BCUT2D eigenvalue weighted by Gasteiger charge is 2.14. The van der Waals surface area contributed by atoms with Crippen LogP contribution in [0.3, 0.4) is 0 Å². The number of aryl methyl sites for hydroxylation is 1. The predicted molar refractivity (Wildman–Crippen MR) is 85.6 cm³/mol. The van der Waals surface area contributed by atoms with E-state index >= 15 is 0 Å². The minimum Gasteiger partial charge on any atom is -0.341 e. The van der Waals surface area contributed by atoms with Crippen LogP contribution in [0, 0.1) is 0 Å². The standard InChI is InChI=1S/C15H19N5S/c1-19-15(21-12-16-19)18-14(20-10-6-3-7-11-20)17-13-8-4-2-5-9-13/h2,4-5,8-9,12H,3,6-7,10-11H2,1H3. The van der Waals surface area contributed by atoms with Gasteiger partial charge in [0.05, 0.1) is 5.69 Å². The molecule has 0 aliphatic carbocycles. The van der Waals surface area contributed by atoms with E-state index in [1.165, 1.54) is 30.6 Å². The lowest BCUT2D eigenvalue weighted by atomic mass is 10.1.